The Bertz CT molecular complexity index is 657. The van der Waals surface area contributed by atoms with Crippen LogP contribution in [0.4, 0.5) is 0 Å². The molecule has 6 nitrogen and oxygen atoms in total. The molecule has 0 radical (unpaired) electrons. The van der Waals surface area contributed by atoms with Gasteiger partial charge in [0.2, 0.25) is 0 Å². The topological polar surface area (TPSA) is 69.1 Å². The van der Waals surface area contributed by atoms with Crippen LogP contribution in [0.15, 0.2) is 24.7 Å². The molecule has 0 spiro atoms. The maximum atomic E-state index is 12.7. The normalized spacial score (nSPS) is 17.9. The molecule has 3 rings (SSSR count). The average molecular weight is 287 g/mol. The predicted molar refractivity (Wildman–Crippen MR) is 79.9 cm³/mol. The van der Waals surface area contributed by atoms with Crippen LogP contribution in [0.1, 0.15) is 34.8 Å². The van der Waals surface area contributed by atoms with E-state index in [1.807, 2.05) is 9.47 Å². The van der Waals surface area contributed by atoms with Crippen molar-refractivity contribution < 1.29 is 4.79 Å². The quantitative estimate of drug-likeness (QED) is 0.921. The standard InChI is InChI=1S/C15H21N5O/c1-11-3-4-14-12(2)20(8-7-19(11)14)15(21)13-9-18(6-5-16)10-17-13/h3-4,9-10,12H,5-8,16H2,1-2H3. The molecule has 1 aliphatic heterocycles. The summed E-state index contributed by atoms with van der Waals surface area (Å²) in [4.78, 5) is 18.8. The van der Waals surface area contributed by atoms with E-state index in [1.54, 1.807) is 12.5 Å². The number of hydrogen-bond acceptors (Lipinski definition) is 3. The Kier molecular flexibility index (Phi) is 3.55. The summed E-state index contributed by atoms with van der Waals surface area (Å²) in [6.07, 6.45) is 3.45. The fourth-order valence-corrected chi connectivity index (χ4v) is 2.99. The number of nitrogens with zero attached hydrogens (tertiary/aromatic N) is 4. The zero-order valence-electron chi connectivity index (χ0n) is 12.5. The van der Waals surface area contributed by atoms with Gasteiger partial charge in [0, 0.05) is 43.8 Å². The van der Waals surface area contributed by atoms with Gasteiger partial charge in [-0.1, -0.05) is 0 Å². The van der Waals surface area contributed by atoms with Gasteiger partial charge in [0.05, 0.1) is 12.4 Å². The first-order valence-electron chi connectivity index (χ1n) is 7.30. The molecule has 1 aliphatic rings. The van der Waals surface area contributed by atoms with Crippen molar-refractivity contribution in [3.8, 4) is 0 Å². The second kappa shape index (κ2) is 5.37. The number of aryl methyl sites for hydroxylation is 1. The van der Waals surface area contributed by atoms with Gasteiger partial charge in [0.1, 0.15) is 5.69 Å². The number of carbonyl (C=O) groups excluding carboxylic acids is 1. The molecule has 1 unspecified atom stereocenters. The van der Waals surface area contributed by atoms with Crippen LogP contribution in [0.2, 0.25) is 0 Å². The van der Waals surface area contributed by atoms with Crippen LogP contribution in [0.3, 0.4) is 0 Å². The van der Waals surface area contributed by atoms with Crippen LogP contribution < -0.4 is 5.73 Å². The molecule has 1 atom stereocenters. The van der Waals surface area contributed by atoms with Crippen molar-refractivity contribution in [3.63, 3.8) is 0 Å². The number of aromatic nitrogens is 3. The van der Waals surface area contributed by atoms with E-state index >= 15 is 0 Å². The molecule has 0 fully saturated rings. The molecular weight excluding hydrogens is 266 g/mol. The van der Waals surface area contributed by atoms with Crippen LogP contribution in [0, 0.1) is 6.92 Å². The Morgan fingerprint density at radius 2 is 2.24 bits per heavy atom. The molecule has 2 aromatic rings. The zero-order chi connectivity index (χ0) is 15.0. The molecule has 2 aromatic heterocycles. The monoisotopic (exact) mass is 287 g/mol. The van der Waals surface area contributed by atoms with Gasteiger partial charge in [-0.25, -0.2) is 4.98 Å². The van der Waals surface area contributed by atoms with E-state index in [0.717, 1.165) is 6.54 Å². The third-order valence-corrected chi connectivity index (χ3v) is 4.19. The minimum atomic E-state index is -0.0108. The summed E-state index contributed by atoms with van der Waals surface area (Å²) in [6, 6.07) is 4.28. The molecular formula is C15H21N5O. The van der Waals surface area contributed by atoms with E-state index in [4.69, 9.17) is 5.73 Å². The largest absolute Gasteiger partial charge is 0.345 e. The number of rotatable bonds is 3. The minimum Gasteiger partial charge on any atom is -0.345 e. The third-order valence-electron chi connectivity index (χ3n) is 4.19. The maximum Gasteiger partial charge on any atom is 0.274 e. The maximum absolute atomic E-state index is 12.7. The lowest BCUT2D eigenvalue weighted by molar-refractivity contribution is 0.0637. The van der Waals surface area contributed by atoms with Crippen molar-refractivity contribution in [1.29, 1.82) is 0 Å². The fraction of sp³-hybridized carbons (Fsp3) is 0.467. The Morgan fingerprint density at radius 1 is 1.43 bits per heavy atom. The van der Waals surface area contributed by atoms with E-state index in [1.165, 1.54) is 11.4 Å². The summed E-state index contributed by atoms with van der Waals surface area (Å²) in [7, 11) is 0. The van der Waals surface area contributed by atoms with Crippen molar-refractivity contribution >= 4 is 5.91 Å². The Balaban J connectivity index is 1.82. The summed E-state index contributed by atoms with van der Waals surface area (Å²) >= 11 is 0. The number of nitrogens with two attached hydrogens (primary N) is 1. The van der Waals surface area contributed by atoms with Gasteiger partial charge in [-0.2, -0.15) is 0 Å². The Morgan fingerprint density at radius 3 is 3.00 bits per heavy atom. The van der Waals surface area contributed by atoms with Gasteiger partial charge in [-0.05, 0) is 26.0 Å². The van der Waals surface area contributed by atoms with Gasteiger partial charge in [0.15, 0.2) is 0 Å². The number of fused-ring (bicyclic) bond motifs is 1. The molecule has 6 heteroatoms. The highest BCUT2D eigenvalue weighted by atomic mass is 16.2. The Labute approximate surface area is 124 Å². The SMILES string of the molecule is Cc1ccc2n1CCN(C(=O)c1cn(CCN)cn1)C2C. The fourth-order valence-electron chi connectivity index (χ4n) is 2.99. The van der Waals surface area contributed by atoms with Gasteiger partial charge in [-0.3, -0.25) is 4.79 Å². The number of hydrogen-bond donors (Lipinski definition) is 1. The smallest absolute Gasteiger partial charge is 0.274 e. The Hall–Kier alpha value is -2.08. The molecule has 21 heavy (non-hydrogen) atoms. The van der Waals surface area contributed by atoms with Crippen LogP contribution >= 0.6 is 0 Å². The van der Waals surface area contributed by atoms with E-state index in [2.05, 4.69) is 35.5 Å². The van der Waals surface area contributed by atoms with Crippen LogP contribution in [-0.4, -0.2) is 38.0 Å². The number of amides is 1. The van der Waals surface area contributed by atoms with Crippen molar-refractivity contribution in [1.82, 2.24) is 19.0 Å². The first-order valence-corrected chi connectivity index (χ1v) is 7.30. The molecule has 3 heterocycles. The molecule has 2 N–H and O–H groups in total. The second-order valence-electron chi connectivity index (χ2n) is 5.51. The van der Waals surface area contributed by atoms with Crippen LogP contribution in [0.25, 0.3) is 0 Å². The highest BCUT2D eigenvalue weighted by Crippen LogP contribution is 2.28. The first kappa shape index (κ1) is 13.9. The molecule has 0 aliphatic carbocycles. The summed E-state index contributed by atoms with van der Waals surface area (Å²) in [5, 5.41) is 0. The van der Waals surface area contributed by atoms with Crippen LogP contribution in [-0.2, 0) is 13.1 Å². The predicted octanol–water partition coefficient (Wildman–Crippen LogP) is 1.17. The first-order chi connectivity index (χ1) is 10.1. The van der Waals surface area contributed by atoms with Gasteiger partial charge < -0.3 is 19.8 Å². The lowest BCUT2D eigenvalue weighted by Gasteiger charge is -2.35. The highest BCUT2D eigenvalue weighted by Gasteiger charge is 2.29. The minimum absolute atomic E-state index is 0.0108. The van der Waals surface area contributed by atoms with Gasteiger partial charge >= 0.3 is 0 Å². The summed E-state index contributed by atoms with van der Waals surface area (Å²) < 4.78 is 4.14. The number of imidazole rings is 1. The molecule has 0 saturated heterocycles. The van der Waals surface area contributed by atoms with E-state index in [0.29, 0.717) is 25.3 Å². The second-order valence-corrected chi connectivity index (χ2v) is 5.51. The molecule has 0 saturated carbocycles. The van der Waals surface area contributed by atoms with E-state index in [-0.39, 0.29) is 11.9 Å². The number of carbonyl (C=O) groups is 1. The molecule has 0 aromatic carbocycles. The van der Waals surface area contributed by atoms with Gasteiger partial charge in [0.25, 0.3) is 5.91 Å². The highest BCUT2D eigenvalue weighted by molar-refractivity contribution is 5.92. The van der Waals surface area contributed by atoms with Crippen molar-refractivity contribution in [3.05, 3.63) is 41.7 Å². The summed E-state index contributed by atoms with van der Waals surface area (Å²) in [6.45, 7) is 6.94. The lowest BCUT2D eigenvalue weighted by Crippen LogP contribution is -2.41. The van der Waals surface area contributed by atoms with Crippen molar-refractivity contribution in [2.24, 2.45) is 5.73 Å². The average Bonchev–Trinajstić information content (AvgIpc) is 3.07. The van der Waals surface area contributed by atoms with Crippen molar-refractivity contribution in [2.75, 3.05) is 13.1 Å². The molecule has 112 valence electrons. The van der Waals surface area contributed by atoms with Gasteiger partial charge in [-0.15, -0.1) is 0 Å². The van der Waals surface area contributed by atoms with Crippen LogP contribution in [0.5, 0.6) is 0 Å². The van der Waals surface area contributed by atoms with Crippen molar-refractivity contribution in [2.45, 2.75) is 33.0 Å². The molecule has 1 amide bonds. The van der Waals surface area contributed by atoms with E-state index < -0.39 is 0 Å². The lowest BCUT2D eigenvalue weighted by atomic mass is 10.1. The molecule has 0 bridgehead atoms. The third kappa shape index (κ3) is 2.35. The van der Waals surface area contributed by atoms with E-state index in [9.17, 15) is 4.79 Å². The summed E-state index contributed by atoms with van der Waals surface area (Å²) in [5.41, 5.74) is 8.45. The summed E-state index contributed by atoms with van der Waals surface area (Å²) in [5.74, 6) is -0.0108. The zero-order valence-corrected chi connectivity index (χ0v) is 12.5.